The number of benzene rings is 1. The van der Waals surface area contributed by atoms with Crippen molar-refractivity contribution in [3.63, 3.8) is 0 Å². The van der Waals surface area contributed by atoms with Crippen LogP contribution in [-0.4, -0.2) is 45.6 Å². The molecular formula is C18H30IN3O3. The summed E-state index contributed by atoms with van der Waals surface area (Å²) >= 11 is 0. The van der Waals surface area contributed by atoms with Gasteiger partial charge in [-0.25, -0.2) is 0 Å². The number of ether oxygens (including phenoxy) is 3. The summed E-state index contributed by atoms with van der Waals surface area (Å²) in [7, 11) is 1.70. The van der Waals surface area contributed by atoms with Crippen LogP contribution in [-0.2, 0) is 10.2 Å². The summed E-state index contributed by atoms with van der Waals surface area (Å²) in [6, 6.07) is 6.29. The molecule has 0 fully saturated rings. The van der Waals surface area contributed by atoms with Crippen LogP contribution < -0.4 is 20.1 Å². The van der Waals surface area contributed by atoms with E-state index in [1.807, 2.05) is 12.1 Å². The van der Waals surface area contributed by atoms with Crippen LogP contribution in [0, 0.1) is 0 Å². The lowest BCUT2D eigenvalue weighted by Crippen LogP contribution is -2.44. The standard InChI is InChI=1S/C18H29N3O3.HI/c1-6-19-17(21-13(2)10-22-5)20-11-18(3,4)14-7-8-15-16(9-14)24-12-23-15;/h7-9,13H,6,10-12H2,1-5H3,(H2,19,20,21);1H. The van der Waals surface area contributed by atoms with Gasteiger partial charge in [-0.2, -0.15) is 0 Å². The number of hydrogen-bond donors (Lipinski definition) is 2. The number of nitrogens with one attached hydrogen (secondary N) is 2. The maximum atomic E-state index is 5.48. The number of aliphatic imine (C=N–C) groups is 1. The van der Waals surface area contributed by atoms with Crippen LogP contribution in [0.4, 0.5) is 0 Å². The highest BCUT2D eigenvalue weighted by molar-refractivity contribution is 14.0. The van der Waals surface area contributed by atoms with E-state index < -0.39 is 0 Å². The predicted octanol–water partition coefficient (Wildman–Crippen LogP) is 2.90. The van der Waals surface area contributed by atoms with Gasteiger partial charge in [-0.05, 0) is 31.5 Å². The highest BCUT2D eigenvalue weighted by atomic mass is 127. The lowest BCUT2D eigenvalue weighted by molar-refractivity contribution is 0.174. The zero-order valence-electron chi connectivity index (χ0n) is 15.7. The normalized spacial score (nSPS) is 14.7. The second-order valence-corrected chi connectivity index (χ2v) is 6.65. The van der Waals surface area contributed by atoms with Gasteiger partial charge in [-0.15, -0.1) is 24.0 Å². The van der Waals surface area contributed by atoms with Crippen LogP contribution in [0.15, 0.2) is 23.2 Å². The Labute approximate surface area is 167 Å². The first-order chi connectivity index (χ1) is 11.5. The van der Waals surface area contributed by atoms with E-state index in [2.05, 4.69) is 44.4 Å². The summed E-state index contributed by atoms with van der Waals surface area (Å²) in [5, 5.41) is 6.63. The Hall–Kier alpha value is -1.22. The SMILES string of the molecule is CCNC(=NCC(C)(C)c1ccc2c(c1)OCO2)NC(C)COC.I. The fraction of sp³-hybridized carbons (Fsp3) is 0.611. The van der Waals surface area contributed by atoms with Gasteiger partial charge >= 0.3 is 0 Å². The van der Waals surface area contributed by atoms with E-state index in [0.717, 1.165) is 24.0 Å². The molecule has 1 heterocycles. The number of fused-ring (bicyclic) bond motifs is 1. The van der Waals surface area contributed by atoms with E-state index in [-0.39, 0.29) is 35.4 Å². The molecule has 1 aliphatic rings. The van der Waals surface area contributed by atoms with Gasteiger partial charge in [0.25, 0.3) is 0 Å². The Bertz CT molecular complexity index is 579. The maximum absolute atomic E-state index is 5.48. The Balaban J connectivity index is 0.00000312. The van der Waals surface area contributed by atoms with Gasteiger partial charge < -0.3 is 24.8 Å². The topological polar surface area (TPSA) is 64.1 Å². The molecule has 25 heavy (non-hydrogen) atoms. The van der Waals surface area contributed by atoms with Crippen LogP contribution in [0.25, 0.3) is 0 Å². The number of methoxy groups -OCH3 is 1. The molecule has 0 bridgehead atoms. The molecule has 1 atom stereocenters. The monoisotopic (exact) mass is 463 g/mol. The first-order valence-corrected chi connectivity index (χ1v) is 8.40. The Morgan fingerprint density at radius 3 is 2.72 bits per heavy atom. The zero-order chi connectivity index (χ0) is 17.6. The summed E-state index contributed by atoms with van der Waals surface area (Å²) in [5.74, 6) is 2.42. The number of rotatable bonds is 7. The van der Waals surface area contributed by atoms with E-state index in [1.54, 1.807) is 7.11 Å². The van der Waals surface area contributed by atoms with Crippen LogP contribution in [0.1, 0.15) is 33.3 Å². The van der Waals surface area contributed by atoms with E-state index in [9.17, 15) is 0 Å². The molecule has 7 heteroatoms. The molecule has 0 spiro atoms. The summed E-state index contributed by atoms with van der Waals surface area (Å²) in [6.45, 7) is 10.9. The molecule has 6 nitrogen and oxygen atoms in total. The van der Waals surface area contributed by atoms with Gasteiger partial charge in [-0.1, -0.05) is 19.9 Å². The van der Waals surface area contributed by atoms with Crippen molar-refractivity contribution in [1.29, 1.82) is 0 Å². The fourth-order valence-corrected chi connectivity index (χ4v) is 2.53. The van der Waals surface area contributed by atoms with Crippen LogP contribution in [0.2, 0.25) is 0 Å². The number of halogens is 1. The lowest BCUT2D eigenvalue weighted by atomic mass is 9.84. The van der Waals surface area contributed by atoms with Crippen molar-refractivity contribution in [1.82, 2.24) is 10.6 Å². The molecule has 2 rings (SSSR count). The fourth-order valence-electron chi connectivity index (χ4n) is 2.53. The highest BCUT2D eigenvalue weighted by Gasteiger charge is 2.24. The Kier molecular flexibility index (Phi) is 8.78. The van der Waals surface area contributed by atoms with Gasteiger partial charge in [0.1, 0.15) is 0 Å². The highest BCUT2D eigenvalue weighted by Crippen LogP contribution is 2.36. The first-order valence-electron chi connectivity index (χ1n) is 8.40. The molecule has 2 N–H and O–H groups in total. The molecule has 0 saturated heterocycles. The molecule has 0 radical (unpaired) electrons. The van der Waals surface area contributed by atoms with E-state index in [0.29, 0.717) is 19.9 Å². The van der Waals surface area contributed by atoms with Crippen molar-refractivity contribution in [2.24, 2.45) is 4.99 Å². The summed E-state index contributed by atoms with van der Waals surface area (Å²) in [6.07, 6.45) is 0. The van der Waals surface area contributed by atoms with E-state index >= 15 is 0 Å². The molecule has 1 unspecified atom stereocenters. The van der Waals surface area contributed by atoms with Gasteiger partial charge in [0.05, 0.1) is 13.2 Å². The average Bonchev–Trinajstić information content (AvgIpc) is 3.00. The van der Waals surface area contributed by atoms with Crippen molar-refractivity contribution in [3.05, 3.63) is 23.8 Å². The second-order valence-electron chi connectivity index (χ2n) is 6.65. The third-order valence-electron chi connectivity index (χ3n) is 3.93. The van der Waals surface area contributed by atoms with Gasteiger partial charge in [0.15, 0.2) is 17.5 Å². The Morgan fingerprint density at radius 2 is 2.04 bits per heavy atom. The van der Waals surface area contributed by atoms with E-state index in [1.165, 1.54) is 5.56 Å². The molecule has 1 aromatic carbocycles. The van der Waals surface area contributed by atoms with Crippen LogP contribution in [0.3, 0.4) is 0 Å². The lowest BCUT2D eigenvalue weighted by Gasteiger charge is -2.25. The molecule has 0 aromatic heterocycles. The van der Waals surface area contributed by atoms with E-state index in [4.69, 9.17) is 19.2 Å². The summed E-state index contributed by atoms with van der Waals surface area (Å²) in [5.41, 5.74) is 1.06. The van der Waals surface area contributed by atoms with Crippen molar-refractivity contribution in [2.45, 2.75) is 39.2 Å². The van der Waals surface area contributed by atoms with Gasteiger partial charge in [-0.3, -0.25) is 4.99 Å². The average molecular weight is 463 g/mol. The van der Waals surface area contributed by atoms with Crippen LogP contribution >= 0.6 is 24.0 Å². The van der Waals surface area contributed by atoms with Crippen molar-refractivity contribution < 1.29 is 14.2 Å². The van der Waals surface area contributed by atoms with Crippen molar-refractivity contribution in [2.75, 3.05) is 33.6 Å². The smallest absolute Gasteiger partial charge is 0.231 e. The molecule has 1 aliphatic heterocycles. The largest absolute Gasteiger partial charge is 0.454 e. The van der Waals surface area contributed by atoms with Gasteiger partial charge in [0.2, 0.25) is 6.79 Å². The second kappa shape index (κ2) is 10.1. The first kappa shape index (κ1) is 21.8. The number of hydrogen-bond acceptors (Lipinski definition) is 4. The Morgan fingerprint density at radius 1 is 1.32 bits per heavy atom. The molecule has 0 saturated carbocycles. The molecule has 142 valence electrons. The quantitative estimate of drug-likeness (QED) is 0.370. The summed E-state index contributed by atoms with van der Waals surface area (Å²) < 4.78 is 16.0. The molecule has 1 aromatic rings. The summed E-state index contributed by atoms with van der Waals surface area (Å²) in [4.78, 5) is 4.74. The van der Waals surface area contributed by atoms with Crippen molar-refractivity contribution >= 4 is 29.9 Å². The third-order valence-corrected chi connectivity index (χ3v) is 3.93. The van der Waals surface area contributed by atoms with Crippen molar-refractivity contribution in [3.8, 4) is 11.5 Å². The maximum Gasteiger partial charge on any atom is 0.231 e. The van der Waals surface area contributed by atoms with Crippen LogP contribution in [0.5, 0.6) is 11.5 Å². The zero-order valence-corrected chi connectivity index (χ0v) is 18.0. The minimum absolute atomic E-state index is 0. The molecular weight excluding hydrogens is 433 g/mol. The van der Waals surface area contributed by atoms with Gasteiger partial charge in [0, 0.05) is 25.1 Å². The number of nitrogens with zero attached hydrogens (tertiary/aromatic N) is 1. The molecule has 0 amide bonds. The number of guanidine groups is 1. The minimum atomic E-state index is -0.117. The third kappa shape index (κ3) is 6.22. The molecule has 0 aliphatic carbocycles. The predicted molar refractivity (Wildman–Crippen MR) is 111 cm³/mol. The minimum Gasteiger partial charge on any atom is -0.454 e.